The highest BCUT2D eigenvalue weighted by Gasteiger charge is 2.27. The van der Waals surface area contributed by atoms with Gasteiger partial charge < -0.3 is 20.7 Å². The van der Waals surface area contributed by atoms with E-state index in [4.69, 9.17) is 22.1 Å². The summed E-state index contributed by atoms with van der Waals surface area (Å²) in [7, 11) is 1.49. The standard InChI is InChI=1S/C20H22ClN3O3.ClH/c1-27-18-12-17(22)16(21)11-15(18)20(26)24-9-7-14(8-10-24)23-19(25)13-5-3-2-4-6-13;/h2-6,11-12,14H,7-10,22H2,1H3,(H,23,25);1H. The van der Waals surface area contributed by atoms with Gasteiger partial charge in [0, 0.05) is 30.8 Å². The number of methoxy groups -OCH3 is 1. The molecule has 1 heterocycles. The van der Waals surface area contributed by atoms with Gasteiger partial charge in [0.1, 0.15) is 5.75 Å². The number of halogens is 2. The van der Waals surface area contributed by atoms with Crippen molar-refractivity contribution in [1.29, 1.82) is 0 Å². The number of nitrogens with one attached hydrogen (secondary N) is 1. The van der Waals surface area contributed by atoms with Crippen LogP contribution in [0.15, 0.2) is 42.5 Å². The molecule has 28 heavy (non-hydrogen) atoms. The van der Waals surface area contributed by atoms with Gasteiger partial charge in [-0.15, -0.1) is 12.4 Å². The molecule has 0 bridgehead atoms. The van der Waals surface area contributed by atoms with Gasteiger partial charge in [-0.25, -0.2) is 0 Å². The average molecular weight is 424 g/mol. The first kappa shape index (κ1) is 21.9. The second-order valence-electron chi connectivity index (χ2n) is 6.48. The van der Waals surface area contributed by atoms with Gasteiger partial charge in [-0.1, -0.05) is 29.8 Å². The van der Waals surface area contributed by atoms with E-state index in [1.54, 1.807) is 29.2 Å². The van der Waals surface area contributed by atoms with Gasteiger partial charge in [-0.2, -0.15) is 0 Å². The molecular weight excluding hydrogens is 401 g/mol. The highest BCUT2D eigenvalue weighted by Crippen LogP contribution is 2.30. The van der Waals surface area contributed by atoms with Crippen molar-refractivity contribution in [2.24, 2.45) is 0 Å². The summed E-state index contributed by atoms with van der Waals surface area (Å²) in [5, 5.41) is 3.36. The highest BCUT2D eigenvalue weighted by molar-refractivity contribution is 6.33. The molecule has 1 aliphatic rings. The van der Waals surface area contributed by atoms with Crippen LogP contribution in [0.4, 0.5) is 5.69 Å². The number of rotatable bonds is 4. The number of hydrogen-bond donors (Lipinski definition) is 2. The molecule has 2 aromatic rings. The Hall–Kier alpha value is -2.44. The van der Waals surface area contributed by atoms with E-state index in [0.29, 0.717) is 53.5 Å². The topological polar surface area (TPSA) is 84.7 Å². The van der Waals surface area contributed by atoms with Crippen LogP contribution in [0.2, 0.25) is 5.02 Å². The predicted molar refractivity (Wildman–Crippen MR) is 112 cm³/mol. The average Bonchev–Trinajstić information content (AvgIpc) is 2.70. The molecule has 8 heteroatoms. The number of likely N-dealkylation sites (tertiary alicyclic amines) is 1. The number of ether oxygens (including phenoxy) is 1. The second kappa shape index (κ2) is 9.66. The molecule has 0 radical (unpaired) electrons. The van der Waals surface area contributed by atoms with Gasteiger partial charge in [0.25, 0.3) is 11.8 Å². The quantitative estimate of drug-likeness (QED) is 0.737. The number of amides is 2. The molecule has 1 fully saturated rings. The lowest BCUT2D eigenvalue weighted by atomic mass is 10.0. The van der Waals surface area contributed by atoms with E-state index >= 15 is 0 Å². The number of anilines is 1. The maximum absolute atomic E-state index is 12.9. The molecule has 2 amide bonds. The van der Waals surface area contributed by atoms with Crippen LogP contribution in [0.5, 0.6) is 5.75 Å². The highest BCUT2D eigenvalue weighted by atomic mass is 35.5. The van der Waals surface area contributed by atoms with E-state index in [-0.39, 0.29) is 30.3 Å². The van der Waals surface area contributed by atoms with Crippen LogP contribution in [-0.4, -0.2) is 43.0 Å². The minimum atomic E-state index is -0.151. The third kappa shape index (κ3) is 4.88. The lowest BCUT2D eigenvalue weighted by Gasteiger charge is -2.32. The molecule has 2 aromatic carbocycles. The summed E-state index contributed by atoms with van der Waals surface area (Å²) in [6, 6.07) is 12.2. The summed E-state index contributed by atoms with van der Waals surface area (Å²) in [6.45, 7) is 1.09. The van der Waals surface area contributed by atoms with Gasteiger partial charge in [-0.05, 0) is 31.0 Å². The first-order valence-corrected chi connectivity index (χ1v) is 9.15. The maximum atomic E-state index is 12.9. The van der Waals surface area contributed by atoms with Crippen molar-refractivity contribution in [2.75, 3.05) is 25.9 Å². The fourth-order valence-corrected chi connectivity index (χ4v) is 3.32. The first-order chi connectivity index (χ1) is 13.0. The van der Waals surface area contributed by atoms with Crippen molar-refractivity contribution in [3.8, 4) is 5.75 Å². The molecule has 1 saturated heterocycles. The van der Waals surface area contributed by atoms with Crippen LogP contribution in [0.3, 0.4) is 0 Å². The van der Waals surface area contributed by atoms with Crippen LogP contribution >= 0.6 is 24.0 Å². The summed E-state index contributed by atoms with van der Waals surface area (Å²) in [5.41, 5.74) is 7.18. The number of piperidine rings is 1. The van der Waals surface area contributed by atoms with E-state index < -0.39 is 0 Å². The third-order valence-electron chi connectivity index (χ3n) is 4.70. The zero-order chi connectivity index (χ0) is 19.4. The molecule has 6 nitrogen and oxygen atoms in total. The van der Waals surface area contributed by atoms with Gasteiger partial charge in [-0.3, -0.25) is 9.59 Å². The smallest absolute Gasteiger partial charge is 0.257 e. The lowest BCUT2D eigenvalue weighted by molar-refractivity contribution is 0.0695. The molecule has 0 atom stereocenters. The maximum Gasteiger partial charge on any atom is 0.257 e. The Balaban J connectivity index is 0.00000280. The molecule has 0 saturated carbocycles. The zero-order valence-electron chi connectivity index (χ0n) is 15.5. The Bertz CT molecular complexity index is 838. The van der Waals surface area contributed by atoms with Gasteiger partial charge in [0.05, 0.1) is 23.4 Å². The van der Waals surface area contributed by atoms with Crippen LogP contribution < -0.4 is 15.8 Å². The molecule has 3 N–H and O–H groups in total. The van der Waals surface area contributed by atoms with Crippen molar-refractivity contribution in [3.05, 3.63) is 58.6 Å². The molecule has 0 aromatic heterocycles. The van der Waals surface area contributed by atoms with E-state index in [0.717, 1.165) is 0 Å². The van der Waals surface area contributed by atoms with Crippen LogP contribution in [0.1, 0.15) is 33.6 Å². The Morgan fingerprint density at radius 1 is 1.18 bits per heavy atom. The lowest BCUT2D eigenvalue weighted by Crippen LogP contribution is -2.46. The monoisotopic (exact) mass is 423 g/mol. The number of carbonyl (C=O) groups is 2. The Morgan fingerprint density at radius 2 is 1.82 bits per heavy atom. The molecule has 0 aliphatic carbocycles. The van der Waals surface area contributed by atoms with Gasteiger partial charge in [0.2, 0.25) is 0 Å². The summed E-state index contributed by atoms with van der Waals surface area (Å²) in [6.07, 6.45) is 1.38. The minimum absolute atomic E-state index is 0. The fourth-order valence-electron chi connectivity index (χ4n) is 3.16. The van der Waals surface area contributed by atoms with Crippen LogP contribution in [0.25, 0.3) is 0 Å². The SMILES string of the molecule is COc1cc(N)c(Cl)cc1C(=O)N1CCC(NC(=O)c2ccccc2)CC1.Cl. The van der Waals surface area contributed by atoms with Gasteiger partial charge in [0.15, 0.2) is 0 Å². The summed E-state index contributed by atoms with van der Waals surface area (Å²) >= 11 is 6.07. The Morgan fingerprint density at radius 3 is 2.43 bits per heavy atom. The number of nitrogens with zero attached hydrogens (tertiary/aromatic N) is 1. The van der Waals surface area contributed by atoms with Crippen LogP contribution in [-0.2, 0) is 0 Å². The summed E-state index contributed by atoms with van der Waals surface area (Å²) < 4.78 is 5.27. The van der Waals surface area contributed by atoms with E-state index in [9.17, 15) is 9.59 Å². The molecule has 150 valence electrons. The number of benzene rings is 2. The number of hydrogen-bond acceptors (Lipinski definition) is 4. The van der Waals surface area contributed by atoms with Crippen LogP contribution in [0, 0.1) is 0 Å². The molecular formula is C20H23Cl2N3O3. The van der Waals surface area contributed by atoms with Crippen molar-refractivity contribution in [2.45, 2.75) is 18.9 Å². The molecule has 1 aliphatic heterocycles. The van der Waals surface area contributed by atoms with Crippen molar-refractivity contribution >= 4 is 41.5 Å². The van der Waals surface area contributed by atoms with E-state index in [2.05, 4.69) is 5.32 Å². The van der Waals surface area contributed by atoms with Crippen molar-refractivity contribution in [3.63, 3.8) is 0 Å². The number of nitrogen functional groups attached to an aromatic ring is 1. The number of nitrogens with two attached hydrogens (primary N) is 1. The third-order valence-corrected chi connectivity index (χ3v) is 5.03. The van der Waals surface area contributed by atoms with Crippen molar-refractivity contribution in [1.82, 2.24) is 10.2 Å². The summed E-state index contributed by atoms with van der Waals surface area (Å²) in [4.78, 5) is 26.9. The first-order valence-electron chi connectivity index (χ1n) is 8.77. The molecule has 0 unspecified atom stereocenters. The predicted octanol–water partition coefficient (Wildman–Crippen LogP) is 3.39. The largest absolute Gasteiger partial charge is 0.496 e. The Labute approximate surface area is 175 Å². The second-order valence-corrected chi connectivity index (χ2v) is 6.89. The van der Waals surface area contributed by atoms with E-state index in [1.165, 1.54) is 7.11 Å². The molecule has 0 spiro atoms. The minimum Gasteiger partial charge on any atom is -0.496 e. The summed E-state index contributed by atoms with van der Waals surface area (Å²) in [5.74, 6) is 0.162. The van der Waals surface area contributed by atoms with E-state index in [1.807, 2.05) is 18.2 Å². The Kier molecular flexibility index (Phi) is 7.54. The fraction of sp³-hybridized carbons (Fsp3) is 0.300. The zero-order valence-corrected chi connectivity index (χ0v) is 17.1. The van der Waals surface area contributed by atoms with Gasteiger partial charge >= 0.3 is 0 Å². The normalized spacial score (nSPS) is 14.1. The number of carbonyl (C=O) groups excluding carboxylic acids is 2. The molecule has 3 rings (SSSR count). The van der Waals surface area contributed by atoms with Crippen molar-refractivity contribution < 1.29 is 14.3 Å².